The number of nitrogens with zero attached hydrogens (tertiary/aromatic N) is 4. The van der Waals surface area contributed by atoms with Crippen molar-refractivity contribution < 1.29 is 14.3 Å². The van der Waals surface area contributed by atoms with Gasteiger partial charge in [-0.05, 0) is 32.2 Å². The third kappa shape index (κ3) is 4.02. The number of benzene rings is 1. The molecule has 1 aliphatic heterocycles. The number of aromatic nitrogens is 3. The number of hydrogen-bond acceptors (Lipinski definition) is 7. The first-order chi connectivity index (χ1) is 12.9. The van der Waals surface area contributed by atoms with Crippen LogP contribution in [0, 0.1) is 19.8 Å². The summed E-state index contributed by atoms with van der Waals surface area (Å²) in [5.74, 6) is -1.20. The Kier molecular flexibility index (Phi) is 5.59. The van der Waals surface area contributed by atoms with Gasteiger partial charge in [-0.25, -0.2) is 4.57 Å². The maximum absolute atomic E-state index is 12.4. The van der Waals surface area contributed by atoms with E-state index in [1.807, 2.05) is 31.2 Å². The molecular weight excluding hydrogens is 368 g/mol. The minimum Gasteiger partial charge on any atom is -0.443 e. The molecule has 1 amide bonds. The van der Waals surface area contributed by atoms with Crippen molar-refractivity contribution in [3.8, 4) is 0 Å². The molecule has 0 radical (unpaired) electrons. The van der Waals surface area contributed by atoms with Gasteiger partial charge in [0.25, 0.3) is 5.56 Å². The van der Waals surface area contributed by atoms with Crippen molar-refractivity contribution in [3.63, 3.8) is 0 Å². The normalized spacial score (nSPS) is 16.6. The molecule has 1 unspecified atom stereocenters. The van der Waals surface area contributed by atoms with Crippen LogP contribution in [-0.4, -0.2) is 39.4 Å². The van der Waals surface area contributed by atoms with Gasteiger partial charge < -0.3 is 9.64 Å². The van der Waals surface area contributed by atoms with Gasteiger partial charge in [-0.3, -0.25) is 14.4 Å². The maximum Gasteiger partial charge on any atom is 0.313 e. The minimum atomic E-state index is -0.567. The summed E-state index contributed by atoms with van der Waals surface area (Å²) in [5, 5.41) is 8.07. The number of anilines is 1. The Morgan fingerprint density at radius 2 is 1.93 bits per heavy atom. The van der Waals surface area contributed by atoms with Crippen LogP contribution in [0.5, 0.6) is 0 Å². The standard InChI is InChI=1S/C18H20N4O4S/c1-11-4-6-14(7-5-11)21-9-13(8-15(21)23)17(25)26-10-22-16(24)12(2)19-20-18(22)27-3/h4-7,13H,8-10H2,1-3H3. The van der Waals surface area contributed by atoms with Gasteiger partial charge in [0, 0.05) is 18.7 Å². The molecule has 0 bridgehead atoms. The predicted octanol–water partition coefficient (Wildman–Crippen LogP) is 1.53. The van der Waals surface area contributed by atoms with Crippen LogP contribution in [0.4, 0.5) is 5.69 Å². The van der Waals surface area contributed by atoms with Crippen LogP contribution in [-0.2, 0) is 21.1 Å². The summed E-state index contributed by atoms with van der Waals surface area (Å²) in [5.41, 5.74) is 1.73. The first-order valence-electron chi connectivity index (χ1n) is 8.42. The fraction of sp³-hybridized carbons (Fsp3) is 0.389. The number of aryl methyl sites for hydroxylation is 2. The molecule has 0 saturated carbocycles. The Bertz CT molecular complexity index is 926. The van der Waals surface area contributed by atoms with Crippen molar-refractivity contribution >= 4 is 29.3 Å². The van der Waals surface area contributed by atoms with E-state index < -0.39 is 11.9 Å². The molecule has 9 heteroatoms. The molecular formula is C18H20N4O4S. The zero-order valence-electron chi connectivity index (χ0n) is 15.3. The Labute approximate surface area is 160 Å². The molecule has 0 aliphatic carbocycles. The average Bonchev–Trinajstić information content (AvgIpc) is 3.05. The number of carbonyl (C=O) groups is 2. The highest BCUT2D eigenvalue weighted by Crippen LogP contribution is 2.26. The van der Waals surface area contributed by atoms with Crippen LogP contribution in [0.2, 0.25) is 0 Å². The molecule has 1 aromatic carbocycles. The summed E-state index contributed by atoms with van der Waals surface area (Å²) >= 11 is 1.24. The highest BCUT2D eigenvalue weighted by molar-refractivity contribution is 7.98. The number of esters is 1. The second-order valence-electron chi connectivity index (χ2n) is 6.34. The Balaban J connectivity index is 1.68. The Hall–Kier alpha value is -2.68. The van der Waals surface area contributed by atoms with Crippen LogP contribution in [0.15, 0.2) is 34.2 Å². The van der Waals surface area contributed by atoms with Crippen molar-refractivity contribution in [1.29, 1.82) is 0 Å². The molecule has 27 heavy (non-hydrogen) atoms. The molecule has 1 aliphatic rings. The van der Waals surface area contributed by atoms with E-state index in [1.54, 1.807) is 18.1 Å². The van der Waals surface area contributed by atoms with Gasteiger partial charge in [-0.15, -0.1) is 10.2 Å². The van der Waals surface area contributed by atoms with E-state index >= 15 is 0 Å². The molecule has 2 aromatic rings. The lowest BCUT2D eigenvalue weighted by atomic mass is 10.1. The highest BCUT2D eigenvalue weighted by Gasteiger charge is 2.36. The van der Waals surface area contributed by atoms with E-state index in [-0.39, 0.29) is 36.9 Å². The summed E-state index contributed by atoms with van der Waals surface area (Å²) in [4.78, 5) is 38.5. The third-order valence-electron chi connectivity index (χ3n) is 4.39. The van der Waals surface area contributed by atoms with Crippen molar-refractivity contribution in [2.24, 2.45) is 5.92 Å². The molecule has 2 heterocycles. The first-order valence-corrected chi connectivity index (χ1v) is 9.65. The van der Waals surface area contributed by atoms with Crippen molar-refractivity contribution in [3.05, 3.63) is 45.9 Å². The lowest BCUT2D eigenvalue weighted by Crippen LogP contribution is -2.30. The van der Waals surface area contributed by atoms with Gasteiger partial charge >= 0.3 is 5.97 Å². The van der Waals surface area contributed by atoms with Gasteiger partial charge in [-0.1, -0.05) is 29.5 Å². The molecule has 1 saturated heterocycles. The minimum absolute atomic E-state index is 0.0879. The second-order valence-corrected chi connectivity index (χ2v) is 7.11. The smallest absolute Gasteiger partial charge is 0.313 e. The summed E-state index contributed by atoms with van der Waals surface area (Å²) in [6.07, 6.45) is 1.84. The molecule has 1 aromatic heterocycles. The van der Waals surface area contributed by atoms with E-state index in [0.29, 0.717) is 5.16 Å². The average molecular weight is 388 g/mol. The van der Waals surface area contributed by atoms with E-state index in [4.69, 9.17) is 4.74 Å². The number of rotatable bonds is 5. The molecule has 0 spiro atoms. The Morgan fingerprint density at radius 1 is 1.22 bits per heavy atom. The summed E-state index contributed by atoms with van der Waals surface area (Å²) < 4.78 is 6.57. The Morgan fingerprint density at radius 3 is 2.59 bits per heavy atom. The lowest BCUT2D eigenvalue weighted by molar-refractivity contribution is -0.152. The van der Waals surface area contributed by atoms with E-state index in [0.717, 1.165) is 11.3 Å². The summed E-state index contributed by atoms with van der Waals surface area (Å²) in [7, 11) is 0. The predicted molar refractivity (Wildman–Crippen MR) is 101 cm³/mol. The fourth-order valence-electron chi connectivity index (χ4n) is 2.85. The van der Waals surface area contributed by atoms with Crippen LogP contribution < -0.4 is 10.5 Å². The fourth-order valence-corrected chi connectivity index (χ4v) is 3.33. The number of hydrogen-bond donors (Lipinski definition) is 0. The number of ether oxygens (including phenoxy) is 1. The van der Waals surface area contributed by atoms with Crippen LogP contribution in [0.25, 0.3) is 0 Å². The number of carbonyl (C=O) groups excluding carboxylic acids is 2. The van der Waals surface area contributed by atoms with E-state index in [9.17, 15) is 14.4 Å². The van der Waals surface area contributed by atoms with Crippen LogP contribution in [0.3, 0.4) is 0 Å². The monoisotopic (exact) mass is 388 g/mol. The van der Waals surface area contributed by atoms with Gasteiger partial charge in [0.15, 0.2) is 11.9 Å². The number of amides is 1. The highest BCUT2D eigenvalue weighted by atomic mass is 32.2. The maximum atomic E-state index is 12.4. The van der Waals surface area contributed by atoms with Crippen molar-refractivity contribution in [2.45, 2.75) is 32.2 Å². The van der Waals surface area contributed by atoms with Crippen LogP contribution >= 0.6 is 11.8 Å². The SMILES string of the molecule is CSc1nnc(C)c(=O)n1COC(=O)C1CC(=O)N(c2ccc(C)cc2)C1. The second kappa shape index (κ2) is 7.91. The van der Waals surface area contributed by atoms with E-state index in [2.05, 4.69) is 10.2 Å². The summed E-state index contributed by atoms with van der Waals surface area (Å²) in [6.45, 7) is 3.53. The quantitative estimate of drug-likeness (QED) is 0.566. The van der Waals surface area contributed by atoms with Crippen LogP contribution in [0.1, 0.15) is 17.7 Å². The molecule has 0 N–H and O–H groups in total. The zero-order chi connectivity index (χ0) is 19.6. The summed E-state index contributed by atoms with van der Waals surface area (Å²) in [6, 6.07) is 7.56. The zero-order valence-corrected chi connectivity index (χ0v) is 16.2. The largest absolute Gasteiger partial charge is 0.443 e. The topological polar surface area (TPSA) is 94.4 Å². The van der Waals surface area contributed by atoms with Crippen molar-refractivity contribution in [1.82, 2.24) is 14.8 Å². The first kappa shape index (κ1) is 19.1. The third-order valence-corrected chi connectivity index (χ3v) is 5.06. The molecule has 142 valence electrons. The lowest BCUT2D eigenvalue weighted by Gasteiger charge is -2.17. The molecule has 1 fully saturated rings. The molecule has 8 nitrogen and oxygen atoms in total. The number of thioether (sulfide) groups is 1. The van der Waals surface area contributed by atoms with E-state index in [1.165, 1.54) is 16.3 Å². The molecule has 1 atom stereocenters. The van der Waals surface area contributed by atoms with Gasteiger partial charge in [0.1, 0.15) is 5.69 Å². The van der Waals surface area contributed by atoms with Crippen molar-refractivity contribution in [2.75, 3.05) is 17.7 Å². The van der Waals surface area contributed by atoms with Gasteiger partial charge in [-0.2, -0.15) is 0 Å². The molecule has 3 rings (SSSR count). The van der Waals surface area contributed by atoms with Gasteiger partial charge in [0.05, 0.1) is 5.92 Å². The van der Waals surface area contributed by atoms with Gasteiger partial charge in [0.2, 0.25) is 5.91 Å².